The Morgan fingerprint density at radius 1 is 0.943 bits per heavy atom. The molecule has 2 aromatic heterocycles. The second kappa shape index (κ2) is 9.70. The number of ketones is 1. The van der Waals surface area contributed by atoms with Crippen LogP contribution < -0.4 is 5.56 Å². The van der Waals surface area contributed by atoms with Crippen molar-refractivity contribution in [2.75, 3.05) is 6.54 Å². The van der Waals surface area contributed by atoms with Gasteiger partial charge in [0.1, 0.15) is 11.3 Å². The predicted octanol–water partition coefficient (Wildman–Crippen LogP) is 4.58. The van der Waals surface area contributed by atoms with Gasteiger partial charge in [0.05, 0.1) is 24.3 Å². The topological polar surface area (TPSA) is 76.7 Å². The summed E-state index contributed by atoms with van der Waals surface area (Å²) in [6.07, 6.45) is 4.15. The molecule has 0 atom stereocenters. The van der Waals surface area contributed by atoms with E-state index in [0.717, 1.165) is 31.2 Å². The van der Waals surface area contributed by atoms with Crippen molar-refractivity contribution in [3.8, 4) is 11.3 Å². The summed E-state index contributed by atoms with van der Waals surface area (Å²) in [6.45, 7) is 2.93. The zero-order chi connectivity index (χ0) is 24.4. The molecule has 1 aliphatic rings. The quantitative estimate of drug-likeness (QED) is 0.266. The zero-order valence-corrected chi connectivity index (χ0v) is 19.8. The highest BCUT2D eigenvalue weighted by molar-refractivity contribution is 6.00. The summed E-state index contributed by atoms with van der Waals surface area (Å²) in [7, 11) is 0. The number of benzene rings is 2. The smallest absolute Gasteiger partial charge is 0.280 e. The lowest BCUT2D eigenvalue weighted by Crippen LogP contribution is -2.28. The first-order valence-electron chi connectivity index (χ1n) is 12.2. The average Bonchev–Trinajstić information content (AvgIpc) is 3.48. The SMILES string of the molecule is CCCCCCN1Cc2c(n(CC(=O)c3ccccc3)c3cc(-c4ccccc4)nn3c2=O)C1=O. The molecule has 0 saturated carbocycles. The Balaban J connectivity index is 1.61. The van der Waals surface area contributed by atoms with Gasteiger partial charge in [-0.25, -0.2) is 0 Å². The van der Waals surface area contributed by atoms with Crippen LogP contribution in [0.2, 0.25) is 0 Å². The fourth-order valence-electron chi connectivity index (χ4n) is 4.70. The maximum absolute atomic E-state index is 13.5. The van der Waals surface area contributed by atoms with Gasteiger partial charge in [0.2, 0.25) is 0 Å². The second-order valence-electron chi connectivity index (χ2n) is 8.96. The maximum Gasteiger partial charge on any atom is 0.280 e. The first-order chi connectivity index (χ1) is 17.1. The standard InChI is InChI=1S/C28H28N4O3/c1-2-3-4-11-16-30-18-22-26(28(30)35)31(19-24(33)21-14-9-6-10-15-21)25-17-23(29-32(25)27(22)34)20-12-7-5-8-13-20/h5-10,12-15,17H,2-4,11,16,18-19H2,1H3. The van der Waals surface area contributed by atoms with Crippen LogP contribution in [0.15, 0.2) is 71.5 Å². The van der Waals surface area contributed by atoms with Crippen molar-refractivity contribution in [2.45, 2.75) is 45.7 Å². The van der Waals surface area contributed by atoms with Crippen LogP contribution in [0, 0.1) is 0 Å². The van der Waals surface area contributed by atoms with Crippen LogP contribution in [0.4, 0.5) is 0 Å². The molecule has 0 bridgehead atoms. The van der Waals surface area contributed by atoms with Crippen LogP contribution in [-0.2, 0) is 13.1 Å². The van der Waals surface area contributed by atoms with Crippen molar-refractivity contribution in [1.82, 2.24) is 19.1 Å². The van der Waals surface area contributed by atoms with Gasteiger partial charge in [-0.15, -0.1) is 0 Å². The molecule has 0 spiro atoms. The molecule has 1 aliphatic heterocycles. The Labute approximate surface area is 203 Å². The molecule has 35 heavy (non-hydrogen) atoms. The largest absolute Gasteiger partial charge is 0.333 e. The Morgan fingerprint density at radius 3 is 2.37 bits per heavy atom. The van der Waals surface area contributed by atoms with Crippen molar-refractivity contribution in [1.29, 1.82) is 0 Å². The van der Waals surface area contributed by atoms with E-state index in [1.54, 1.807) is 27.7 Å². The Bertz CT molecular complexity index is 1440. The van der Waals surface area contributed by atoms with Crippen molar-refractivity contribution >= 4 is 17.3 Å². The van der Waals surface area contributed by atoms with Crippen LogP contribution in [0.5, 0.6) is 0 Å². The van der Waals surface area contributed by atoms with Crippen LogP contribution >= 0.6 is 0 Å². The van der Waals surface area contributed by atoms with Gasteiger partial charge in [-0.3, -0.25) is 14.4 Å². The molecule has 0 unspecified atom stereocenters. The summed E-state index contributed by atoms with van der Waals surface area (Å²) < 4.78 is 3.02. The van der Waals surface area contributed by atoms with Gasteiger partial charge in [-0.1, -0.05) is 86.8 Å². The molecule has 0 aliphatic carbocycles. The van der Waals surface area contributed by atoms with Crippen LogP contribution in [-0.4, -0.2) is 37.3 Å². The number of unbranched alkanes of at least 4 members (excludes halogenated alkanes) is 3. The highest BCUT2D eigenvalue weighted by Gasteiger charge is 2.35. The van der Waals surface area contributed by atoms with Gasteiger partial charge in [0, 0.05) is 23.7 Å². The third-order valence-corrected chi connectivity index (χ3v) is 6.56. The third-order valence-electron chi connectivity index (χ3n) is 6.56. The molecule has 0 fully saturated rings. The molecule has 0 radical (unpaired) electrons. The van der Waals surface area contributed by atoms with Crippen molar-refractivity contribution in [3.05, 3.63) is 93.9 Å². The average molecular weight is 469 g/mol. The summed E-state index contributed by atoms with van der Waals surface area (Å²) in [5, 5.41) is 4.58. The molecule has 4 aromatic rings. The molecular weight excluding hydrogens is 440 g/mol. The lowest BCUT2D eigenvalue weighted by molar-refractivity contribution is 0.0767. The number of fused-ring (bicyclic) bond motifs is 2. The summed E-state index contributed by atoms with van der Waals surface area (Å²) in [5.74, 6) is -0.325. The first-order valence-corrected chi connectivity index (χ1v) is 12.2. The minimum atomic E-state index is -0.301. The summed E-state index contributed by atoms with van der Waals surface area (Å²) in [6, 6.07) is 20.4. The van der Waals surface area contributed by atoms with E-state index in [2.05, 4.69) is 12.0 Å². The summed E-state index contributed by atoms with van der Waals surface area (Å²) in [4.78, 5) is 41.9. The van der Waals surface area contributed by atoms with E-state index in [9.17, 15) is 14.4 Å². The lowest BCUT2D eigenvalue weighted by Gasteiger charge is -2.16. The maximum atomic E-state index is 13.5. The van der Waals surface area contributed by atoms with E-state index in [1.807, 2.05) is 48.5 Å². The van der Waals surface area contributed by atoms with E-state index >= 15 is 0 Å². The van der Waals surface area contributed by atoms with Crippen molar-refractivity contribution < 1.29 is 9.59 Å². The molecule has 5 rings (SSSR count). The number of carbonyl (C=O) groups excluding carboxylic acids is 2. The highest BCUT2D eigenvalue weighted by Crippen LogP contribution is 2.26. The monoisotopic (exact) mass is 468 g/mol. The molecule has 2 aromatic carbocycles. The highest BCUT2D eigenvalue weighted by atomic mass is 16.2. The van der Waals surface area contributed by atoms with E-state index in [0.29, 0.717) is 34.7 Å². The lowest BCUT2D eigenvalue weighted by atomic mass is 10.1. The molecule has 0 saturated heterocycles. The van der Waals surface area contributed by atoms with Gasteiger partial charge >= 0.3 is 0 Å². The van der Waals surface area contributed by atoms with Gasteiger partial charge in [0.15, 0.2) is 5.78 Å². The molecular formula is C28H28N4O3. The Morgan fingerprint density at radius 2 is 1.66 bits per heavy atom. The molecule has 7 heteroatoms. The molecule has 7 nitrogen and oxygen atoms in total. The van der Waals surface area contributed by atoms with E-state index in [1.165, 1.54) is 4.52 Å². The van der Waals surface area contributed by atoms with Crippen molar-refractivity contribution in [2.24, 2.45) is 0 Å². The molecule has 1 amide bonds. The fourth-order valence-corrected chi connectivity index (χ4v) is 4.70. The van der Waals surface area contributed by atoms with Gasteiger partial charge in [0.25, 0.3) is 11.5 Å². The number of aromatic nitrogens is 3. The van der Waals surface area contributed by atoms with Crippen LogP contribution in [0.1, 0.15) is 59.0 Å². The number of hydrogen-bond acceptors (Lipinski definition) is 4. The van der Waals surface area contributed by atoms with Crippen LogP contribution in [0.3, 0.4) is 0 Å². The normalized spacial score (nSPS) is 12.9. The number of hydrogen-bond donors (Lipinski definition) is 0. The van der Waals surface area contributed by atoms with Crippen LogP contribution in [0.25, 0.3) is 16.9 Å². The summed E-state index contributed by atoms with van der Waals surface area (Å²) >= 11 is 0. The molecule has 178 valence electrons. The van der Waals surface area contributed by atoms with Gasteiger partial charge in [-0.05, 0) is 6.42 Å². The van der Waals surface area contributed by atoms with E-state index in [-0.39, 0.29) is 30.3 Å². The number of rotatable bonds is 9. The van der Waals surface area contributed by atoms with Gasteiger partial charge in [-0.2, -0.15) is 9.61 Å². The van der Waals surface area contributed by atoms with Gasteiger partial charge < -0.3 is 9.47 Å². The Kier molecular flexibility index (Phi) is 6.31. The fraction of sp³-hybridized carbons (Fsp3) is 0.286. The number of Topliss-reactive ketones (excluding diaryl/α,β-unsaturated/α-hetero) is 1. The predicted molar refractivity (Wildman–Crippen MR) is 135 cm³/mol. The summed E-state index contributed by atoms with van der Waals surface area (Å²) in [5.41, 5.74) is 2.89. The number of carbonyl (C=O) groups is 2. The number of amides is 1. The molecule has 3 heterocycles. The minimum Gasteiger partial charge on any atom is -0.333 e. The zero-order valence-electron chi connectivity index (χ0n) is 19.8. The minimum absolute atomic E-state index is 0.0501. The third kappa shape index (κ3) is 4.30. The number of nitrogens with zero attached hydrogens (tertiary/aromatic N) is 4. The van der Waals surface area contributed by atoms with Crippen molar-refractivity contribution in [3.63, 3.8) is 0 Å². The van der Waals surface area contributed by atoms with E-state index in [4.69, 9.17) is 0 Å². The molecule has 0 N–H and O–H groups in total. The second-order valence-corrected chi connectivity index (χ2v) is 8.96. The first kappa shape index (κ1) is 22.8. The van der Waals surface area contributed by atoms with E-state index < -0.39 is 0 Å². The Hall–Kier alpha value is -4.00.